The number of nitrogens with zero attached hydrogens (tertiary/aromatic N) is 2. The molecule has 2 aliphatic carbocycles. The first kappa shape index (κ1) is 15.1. The largest absolute Gasteiger partial charge is 0.477 e. The van der Waals surface area contributed by atoms with Gasteiger partial charge in [-0.15, -0.1) is 11.3 Å². The van der Waals surface area contributed by atoms with E-state index in [0.717, 1.165) is 31.4 Å². The third-order valence-corrected chi connectivity index (χ3v) is 5.70. The Hall–Kier alpha value is -1.46. The van der Waals surface area contributed by atoms with Crippen LogP contribution in [0.3, 0.4) is 0 Å². The number of aryl methyl sites for hydroxylation is 2. The van der Waals surface area contributed by atoms with Crippen molar-refractivity contribution < 1.29 is 4.74 Å². The first-order chi connectivity index (χ1) is 11.3. The van der Waals surface area contributed by atoms with Crippen LogP contribution in [0.4, 0.5) is 0 Å². The van der Waals surface area contributed by atoms with Crippen molar-refractivity contribution in [3.05, 3.63) is 39.5 Å². The van der Waals surface area contributed by atoms with Gasteiger partial charge in [-0.3, -0.25) is 0 Å². The summed E-state index contributed by atoms with van der Waals surface area (Å²) in [4.78, 5) is 10.4. The predicted molar refractivity (Wildman–Crippen MR) is 91.8 cm³/mol. The van der Waals surface area contributed by atoms with E-state index in [-0.39, 0.29) is 0 Å². The molecule has 0 bridgehead atoms. The van der Waals surface area contributed by atoms with E-state index in [4.69, 9.17) is 4.74 Å². The maximum Gasteiger partial charge on any atom is 0.213 e. The first-order valence-electron chi connectivity index (χ1n) is 8.55. The van der Waals surface area contributed by atoms with Gasteiger partial charge in [0.25, 0.3) is 0 Å². The second kappa shape index (κ2) is 6.57. The van der Waals surface area contributed by atoms with Crippen LogP contribution in [0.25, 0.3) is 0 Å². The van der Waals surface area contributed by atoms with Gasteiger partial charge in [0.1, 0.15) is 0 Å². The lowest BCUT2D eigenvalue weighted by atomic mass is 9.98. The molecule has 2 aromatic heterocycles. The van der Waals surface area contributed by atoms with Gasteiger partial charge >= 0.3 is 0 Å². The normalized spacial score (nSPS) is 20.3. The number of hydrogen-bond donors (Lipinski definition) is 1. The maximum absolute atomic E-state index is 5.78. The zero-order valence-electron chi connectivity index (χ0n) is 13.5. The molecule has 0 unspecified atom stereocenters. The Bertz CT molecular complexity index is 681. The quantitative estimate of drug-likeness (QED) is 0.875. The average molecular weight is 329 g/mol. The molecule has 2 aliphatic rings. The Labute approximate surface area is 141 Å². The van der Waals surface area contributed by atoms with E-state index in [1.165, 1.54) is 46.8 Å². The van der Waals surface area contributed by atoms with Crippen LogP contribution >= 0.6 is 11.3 Å². The second-order valence-electron chi connectivity index (χ2n) is 6.63. The predicted octanol–water partition coefficient (Wildman–Crippen LogP) is 3.80. The molecule has 0 aliphatic heterocycles. The smallest absolute Gasteiger partial charge is 0.213 e. The molecule has 5 heteroatoms. The van der Waals surface area contributed by atoms with Crippen LogP contribution in [0.1, 0.15) is 52.9 Å². The van der Waals surface area contributed by atoms with Gasteiger partial charge in [-0.25, -0.2) is 9.97 Å². The molecule has 1 saturated carbocycles. The molecule has 1 fully saturated rings. The Balaban J connectivity index is 1.38. The van der Waals surface area contributed by atoms with E-state index >= 15 is 0 Å². The fraction of sp³-hybridized carbons (Fsp3) is 0.556. The molecule has 4 rings (SSSR count). The molecule has 0 spiro atoms. The van der Waals surface area contributed by atoms with E-state index in [2.05, 4.69) is 34.3 Å². The van der Waals surface area contributed by atoms with Gasteiger partial charge in [-0.2, -0.15) is 0 Å². The fourth-order valence-corrected chi connectivity index (χ4v) is 4.19. The second-order valence-corrected chi connectivity index (χ2v) is 7.86. The van der Waals surface area contributed by atoms with Crippen molar-refractivity contribution in [3.8, 4) is 5.88 Å². The van der Waals surface area contributed by atoms with Gasteiger partial charge < -0.3 is 10.1 Å². The molecular formula is C18H23N3OS. The van der Waals surface area contributed by atoms with Crippen molar-refractivity contribution >= 4 is 11.3 Å². The molecule has 0 saturated heterocycles. The van der Waals surface area contributed by atoms with E-state index in [1.807, 2.05) is 17.5 Å². The van der Waals surface area contributed by atoms with Gasteiger partial charge in [0, 0.05) is 29.7 Å². The monoisotopic (exact) mass is 329 g/mol. The standard InChI is InChI=1S/C18H23N3OS/c1-12-21-16-4-2-3-15(18(16)23-12)20-10-14-7-8-19-17(9-14)22-11-13-5-6-13/h7-9,13,15,20H,2-6,10-11H2,1H3/t15-/m1/s1. The summed E-state index contributed by atoms with van der Waals surface area (Å²) in [5.74, 6) is 1.52. The highest BCUT2D eigenvalue weighted by Gasteiger charge is 2.24. The van der Waals surface area contributed by atoms with Crippen molar-refractivity contribution in [1.82, 2.24) is 15.3 Å². The van der Waals surface area contributed by atoms with Crippen molar-refractivity contribution in [3.63, 3.8) is 0 Å². The molecule has 0 aromatic carbocycles. The van der Waals surface area contributed by atoms with Gasteiger partial charge in [-0.1, -0.05) is 0 Å². The molecular weight excluding hydrogens is 306 g/mol. The summed E-state index contributed by atoms with van der Waals surface area (Å²) in [6.07, 6.45) is 8.01. The van der Waals surface area contributed by atoms with Crippen LogP contribution in [0.15, 0.2) is 18.3 Å². The summed E-state index contributed by atoms with van der Waals surface area (Å²) in [6.45, 7) is 3.77. The fourth-order valence-electron chi connectivity index (χ4n) is 3.10. The lowest BCUT2D eigenvalue weighted by molar-refractivity contribution is 0.288. The van der Waals surface area contributed by atoms with Crippen LogP contribution < -0.4 is 10.1 Å². The minimum Gasteiger partial charge on any atom is -0.477 e. The molecule has 0 radical (unpaired) electrons. The van der Waals surface area contributed by atoms with Crippen LogP contribution in [0.5, 0.6) is 5.88 Å². The Morgan fingerprint density at radius 3 is 3.13 bits per heavy atom. The number of pyridine rings is 1. The maximum atomic E-state index is 5.78. The molecule has 4 nitrogen and oxygen atoms in total. The van der Waals surface area contributed by atoms with Crippen molar-refractivity contribution in [2.75, 3.05) is 6.61 Å². The van der Waals surface area contributed by atoms with Gasteiger partial charge in [-0.05, 0) is 56.6 Å². The molecule has 0 amide bonds. The van der Waals surface area contributed by atoms with E-state index in [1.54, 1.807) is 0 Å². The van der Waals surface area contributed by atoms with E-state index < -0.39 is 0 Å². The third kappa shape index (κ3) is 3.72. The number of thiazole rings is 1. The summed E-state index contributed by atoms with van der Waals surface area (Å²) < 4.78 is 5.78. The minimum atomic E-state index is 0.439. The van der Waals surface area contributed by atoms with Crippen molar-refractivity contribution in [1.29, 1.82) is 0 Å². The minimum absolute atomic E-state index is 0.439. The van der Waals surface area contributed by atoms with Crippen LogP contribution in [-0.2, 0) is 13.0 Å². The Morgan fingerprint density at radius 1 is 1.35 bits per heavy atom. The molecule has 2 heterocycles. The number of ether oxygens (including phenoxy) is 1. The molecule has 1 atom stereocenters. The summed E-state index contributed by atoms with van der Waals surface area (Å²) in [5, 5.41) is 4.88. The van der Waals surface area contributed by atoms with Crippen molar-refractivity contribution in [2.45, 2.75) is 51.6 Å². The Kier molecular flexibility index (Phi) is 4.31. The lowest BCUT2D eigenvalue weighted by Crippen LogP contribution is -2.23. The van der Waals surface area contributed by atoms with Gasteiger partial charge in [0.15, 0.2) is 0 Å². The summed E-state index contributed by atoms with van der Waals surface area (Å²) in [7, 11) is 0. The highest BCUT2D eigenvalue weighted by Crippen LogP contribution is 2.34. The molecule has 1 N–H and O–H groups in total. The number of hydrogen-bond acceptors (Lipinski definition) is 5. The highest BCUT2D eigenvalue weighted by molar-refractivity contribution is 7.11. The van der Waals surface area contributed by atoms with Crippen LogP contribution in [-0.4, -0.2) is 16.6 Å². The number of fused-ring (bicyclic) bond motifs is 1. The number of aromatic nitrogens is 2. The van der Waals surface area contributed by atoms with E-state index in [0.29, 0.717) is 6.04 Å². The van der Waals surface area contributed by atoms with Crippen LogP contribution in [0.2, 0.25) is 0 Å². The summed E-state index contributed by atoms with van der Waals surface area (Å²) in [5.41, 5.74) is 2.54. The average Bonchev–Trinajstić information content (AvgIpc) is 3.31. The van der Waals surface area contributed by atoms with Crippen molar-refractivity contribution in [2.24, 2.45) is 5.92 Å². The summed E-state index contributed by atoms with van der Waals surface area (Å²) >= 11 is 1.84. The first-order valence-corrected chi connectivity index (χ1v) is 9.37. The molecule has 2 aromatic rings. The van der Waals surface area contributed by atoms with Gasteiger partial charge in [0.05, 0.1) is 17.3 Å². The van der Waals surface area contributed by atoms with Crippen LogP contribution in [0, 0.1) is 12.8 Å². The topological polar surface area (TPSA) is 47.0 Å². The third-order valence-electron chi connectivity index (χ3n) is 4.57. The zero-order valence-corrected chi connectivity index (χ0v) is 14.4. The van der Waals surface area contributed by atoms with E-state index in [9.17, 15) is 0 Å². The van der Waals surface area contributed by atoms with Gasteiger partial charge in [0.2, 0.25) is 5.88 Å². The molecule has 23 heavy (non-hydrogen) atoms. The Morgan fingerprint density at radius 2 is 2.26 bits per heavy atom. The summed E-state index contributed by atoms with van der Waals surface area (Å²) in [6, 6.07) is 4.57. The lowest BCUT2D eigenvalue weighted by Gasteiger charge is -2.22. The number of rotatable bonds is 6. The number of nitrogens with one attached hydrogen (secondary N) is 1. The molecule has 122 valence electrons. The highest BCUT2D eigenvalue weighted by atomic mass is 32.1. The SMILES string of the molecule is Cc1nc2c(s1)[C@H](NCc1ccnc(OCC3CC3)c1)CCC2. The zero-order chi connectivity index (χ0) is 15.6.